The van der Waals surface area contributed by atoms with Gasteiger partial charge in [0.25, 0.3) is 5.91 Å². The summed E-state index contributed by atoms with van der Waals surface area (Å²) < 4.78 is 5.13. The first-order valence-corrected chi connectivity index (χ1v) is 8.47. The Balaban J connectivity index is 1.73. The minimum Gasteiger partial charge on any atom is -0.497 e. The van der Waals surface area contributed by atoms with Crippen molar-refractivity contribution in [2.75, 3.05) is 18.6 Å². The highest BCUT2D eigenvalue weighted by Gasteiger charge is 2.27. The van der Waals surface area contributed by atoms with Gasteiger partial charge in [0, 0.05) is 30.8 Å². The van der Waals surface area contributed by atoms with Crippen molar-refractivity contribution in [1.82, 2.24) is 5.32 Å². The Kier molecular flexibility index (Phi) is 5.03. The average molecular weight is 338 g/mol. The summed E-state index contributed by atoms with van der Waals surface area (Å²) >= 11 is 0. The average Bonchev–Trinajstić information content (AvgIpc) is 3.10. The number of nitrogens with one attached hydrogen (secondary N) is 1. The molecular formula is C20H22N2O3. The molecule has 5 nitrogen and oxygen atoms in total. The first-order chi connectivity index (χ1) is 12.1. The maximum Gasteiger partial charge on any atom is 0.251 e. The third kappa shape index (κ3) is 3.50. The third-order valence-corrected chi connectivity index (χ3v) is 4.49. The van der Waals surface area contributed by atoms with Crippen molar-refractivity contribution >= 4 is 17.5 Å². The van der Waals surface area contributed by atoms with Crippen LogP contribution in [0.4, 0.5) is 5.69 Å². The summed E-state index contributed by atoms with van der Waals surface area (Å²) in [6.45, 7) is 2.95. The van der Waals surface area contributed by atoms with E-state index in [0.29, 0.717) is 31.5 Å². The molecule has 2 amide bonds. The quantitative estimate of drug-likeness (QED) is 0.912. The van der Waals surface area contributed by atoms with E-state index in [2.05, 4.69) is 5.32 Å². The van der Waals surface area contributed by atoms with Gasteiger partial charge in [-0.15, -0.1) is 0 Å². The van der Waals surface area contributed by atoms with Crippen LogP contribution in [0.3, 0.4) is 0 Å². The summed E-state index contributed by atoms with van der Waals surface area (Å²) in [4.78, 5) is 26.4. The van der Waals surface area contributed by atoms with E-state index in [9.17, 15) is 9.59 Å². The number of anilines is 1. The highest BCUT2D eigenvalue weighted by Crippen LogP contribution is 2.31. The molecule has 3 rings (SSSR count). The lowest BCUT2D eigenvalue weighted by Crippen LogP contribution is -2.27. The molecule has 0 atom stereocenters. The van der Waals surface area contributed by atoms with Crippen molar-refractivity contribution in [3.63, 3.8) is 0 Å². The summed E-state index contributed by atoms with van der Waals surface area (Å²) in [5.74, 6) is 0.768. The number of nitrogens with zero attached hydrogens (tertiary/aromatic N) is 1. The second-order valence-electron chi connectivity index (χ2n) is 5.98. The number of amides is 2. The molecule has 0 aliphatic carbocycles. The van der Waals surface area contributed by atoms with Gasteiger partial charge in [0.15, 0.2) is 0 Å². The van der Waals surface area contributed by atoms with Crippen LogP contribution in [-0.2, 0) is 17.8 Å². The number of hydrogen-bond donors (Lipinski definition) is 1. The monoisotopic (exact) mass is 338 g/mol. The van der Waals surface area contributed by atoms with Crippen molar-refractivity contribution < 1.29 is 14.3 Å². The lowest BCUT2D eigenvalue weighted by atomic mass is 10.0. The van der Waals surface area contributed by atoms with Gasteiger partial charge in [0.05, 0.1) is 7.11 Å². The largest absolute Gasteiger partial charge is 0.497 e. The maximum absolute atomic E-state index is 12.6. The summed E-state index contributed by atoms with van der Waals surface area (Å²) in [7, 11) is 1.62. The molecule has 1 heterocycles. The number of ether oxygens (including phenoxy) is 1. The highest BCUT2D eigenvalue weighted by atomic mass is 16.5. The van der Waals surface area contributed by atoms with Crippen LogP contribution in [0.2, 0.25) is 0 Å². The molecule has 1 aliphatic rings. The molecule has 0 radical (unpaired) electrons. The predicted octanol–water partition coefficient (Wildman–Crippen LogP) is 2.92. The zero-order chi connectivity index (χ0) is 17.8. The second kappa shape index (κ2) is 7.38. The van der Waals surface area contributed by atoms with Crippen molar-refractivity contribution in [2.24, 2.45) is 0 Å². The number of carbonyl (C=O) groups excluding carboxylic acids is 2. The van der Waals surface area contributed by atoms with Gasteiger partial charge < -0.3 is 15.0 Å². The first kappa shape index (κ1) is 17.0. The maximum atomic E-state index is 12.6. The molecule has 0 fully saturated rings. The number of carbonyl (C=O) groups is 2. The molecule has 0 unspecified atom stereocenters. The number of methoxy groups -OCH3 is 1. The van der Waals surface area contributed by atoms with Gasteiger partial charge in [-0.3, -0.25) is 9.59 Å². The minimum atomic E-state index is -0.113. The molecular weight excluding hydrogens is 316 g/mol. The van der Waals surface area contributed by atoms with Crippen molar-refractivity contribution in [1.29, 1.82) is 0 Å². The van der Waals surface area contributed by atoms with E-state index in [1.807, 2.05) is 49.4 Å². The van der Waals surface area contributed by atoms with Gasteiger partial charge >= 0.3 is 0 Å². The Morgan fingerprint density at radius 2 is 1.92 bits per heavy atom. The molecule has 0 saturated carbocycles. The Morgan fingerprint density at radius 1 is 1.16 bits per heavy atom. The van der Waals surface area contributed by atoms with E-state index in [1.165, 1.54) is 0 Å². The molecule has 0 saturated heterocycles. The Bertz CT molecular complexity index is 784. The Hall–Kier alpha value is -2.82. The summed E-state index contributed by atoms with van der Waals surface area (Å²) in [5, 5.41) is 2.96. The fourth-order valence-electron chi connectivity index (χ4n) is 3.12. The molecule has 1 aliphatic heterocycles. The van der Waals surface area contributed by atoms with Gasteiger partial charge in [-0.1, -0.05) is 25.1 Å². The van der Waals surface area contributed by atoms with E-state index < -0.39 is 0 Å². The molecule has 2 aromatic carbocycles. The topological polar surface area (TPSA) is 58.6 Å². The number of benzene rings is 2. The fourth-order valence-corrected chi connectivity index (χ4v) is 3.12. The van der Waals surface area contributed by atoms with Crippen LogP contribution in [0.1, 0.15) is 34.8 Å². The first-order valence-electron chi connectivity index (χ1n) is 8.47. The van der Waals surface area contributed by atoms with Gasteiger partial charge in [-0.05, 0) is 41.8 Å². The lowest BCUT2D eigenvalue weighted by Gasteiger charge is -2.16. The van der Waals surface area contributed by atoms with Crippen LogP contribution < -0.4 is 15.0 Å². The van der Waals surface area contributed by atoms with E-state index >= 15 is 0 Å². The molecule has 2 aromatic rings. The SMILES string of the molecule is CCC(=O)N1CCc2c(C(=O)NCc3ccc(OC)cc3)cccc21. The van der Waals surface area contributed by atoms with Crippen LogP contribution >= 0.6 is 0 Å². The molecule has 1 N–H and O–H groups in total. The predicted molar refractivity (Wildman–Crippen MR) is 97.0 cm³/mol. The van der Waals surface area contributed by atoms with Crippen LogP contribution in [0, 0.1) is 0 Å². The normalized spacial score (nSPS) is 12.6. The second-order valence-corrected chi connectivity index (χ2v) is 5.98. The molecule has 0 aromatic heterocycles. The van der Waals surface area contributed by atoms with Crippen LogP contribution in [-0.4, -0.2) is 25.5 Å². The Morgan fingerprint density at radius 3 is 2.60 bits per heavy atom. The third-order valence-electron chi connectivity index (χ3n) is 4.49. The smallest absolute Gasteiger partial charge is 0.251 e. The number of fused-ring (bicyclic) bond motifs is 1. The van der Waals surface area contributed by atoms with Crippen LogP contribution in [0.15, 0.2) is 42.5 Å². The molecule has 130 valence electrons. The van der Waals surface area contributed by atoms with Crippen molar-refractivity contribution in [2.45, 2.75) is 26.3 Å². The van der Waals surface area contributed by atoms with Gasteiger partial charge in [0.2, 0.25) is 5.91 Å². The van der Waals surface area contributed by atoms with E-state index in [0.717, 1.165) is 22.6 Å². The Labute approximate surface area is 147 Å². The summed E-state index contributed by atoms with van der Waals surface area (Å²) in [6.07, 6.45) is 1.18. The molecule has 5 heteroatoms. The van der Waals surface area contributed by atoms with Crippen LogP contribution in [0.25, 0.3) is 0 Å². The van der Waals surface area contributed by atoms with Gasteiger partial charge in [-0.25, -0.2) is 0 Å². The number of rotatable bonds is 5. The van der Waals surface area contributed by atoms with Crippen molar-refractivity contribution in [3.05, 3.63) is 59.2 Å². The zero-order valence-corrected chi connectivity index (χ0v) is 14.5. The summed E-state index contributed by atoms with van der Waals surface area (Å²) in [6, 6.07) is 13.2. The van der Waals surface area contributed by atoms with Gasteiger partial charge in [-0.2, -0.15) is 0 Å². The number of hydrogen-bond acceptors (Lipinski definition) is 3. The van der Waals surface area contributed by atoms with Crippen molar-refractivity contribution in [3.8, 4) is 5.75 Å². The minimum absolute atomic E-state index is 0.0922. The highest BCUT2D eigenvalue weighted by molar-refractivity contribution is 6.01. The van der Waals surface area contributed by atoms with E-state index in [1.54, 1.807) is 12.0 Å². The lowest BCUT2D eigenvalue weighted by molar-refractivity contribution is -0.118. The fraction of sp³-hybridized carbons (Fsp3) is 0.300. The molecule has 0 spiro atoms. The molecule has 0 bridgehead atoms. The zero-order valence-electron chi connectivity index (χ0n) is 14.5. The van der Waals surface area contributed by atoms with Crippen LogP contribution in [0.5, 0.6) is 5.75 Å². The molecule has 25 heavy (non-hydrogen) atoms. The van der Waals surface area contributed by atoms with E-state index in [4.69, 9.17) is 4.74 Å². The van der Waals surface area contributed by atoms with E-state index in [-0.39, 0.29) is 11.8 Å². The standard InChI is InChI=1S/C20H22N2O3/c1-3-19(23)22-12-11-16-17(5-4-6-18(16)22)20(24)21-13-14-7-9-15(25-2)10-8-14/h4-10H,3,11-13H2,1-2H3,(H,21,24). The summed E-state index contributed by atoms with van der Waals surface area (Å²) in [5.41, 5.74) is 3.47. The van der Waals surface area contributed by atoms with Gasteiger partial charge in [0.1, 0.15) is 5.75 Å².